The largest absolute Gasteiger partial charge is 0.466 e. The van der Waals surface area contributed by atoms with Crippen LogP contribution in [0, 0.1) is 0 Å². The molecule has 3 N–H and O–H groups in total. The summed E-state index contributed by atoms with van der Waals surface area (Å²) in [6.45, 7) is 4.82. The third kappa shape index (κ3) is 41.5. The van der Waals surface area contributed by atoms with Crippen LogP contribution >= 0.6 is 0 Å². The number of aliphatic hydroxyl groups excluding tert-OH is 2. The monoisotopic (exact) mass is 786 g/mol. The maximum atomic E-state index is 12.4. The van der Waals surface area contributed by atoms with Crippen LogP contribution < -0.4 is 5.32 Å². The van der Waals surface area contributed by atoms with Gasteiger partial charge in [-0.25, -0.2) is 0 Å². The van der Waals surface area contributed by atoms with Crippen molar-refractivity contribution < 1.29 is 24.5 Å². The molecule has 0 aliphatic heterocycles. The molecule has 0 aliphatic carbocycles. The quantitative estimate of drug-likeness (QED) is 0.0325. The molecular weight excluding hydrogens is 695 g/mol. The highest BCUT2D eigenvalue weighted by Crippen LogP contribution is 2.15. The first kappa shape index (κ1) is 53.8. The van der Waals surface area contributed by atoms with E-state index in [-0.39, 0.29) is 18.5 Å². The summed E-state index contributed by atoms with van der Waals surface area (Å²) in [4.78, 5) is 24.4. The number of esters is 1. The van der Waals surface area contributed by atoms with Crippen LogP contribution in [0.2, 0.25) is 0 Å². The van der Waals surface area contributed by atoms with Gasteiger partial charge in [0.15, 0.2) is 0 Å². The second kappa shape index (κ2) is 45.5. The van der Waals surface area contributed by atoms with Crippen molar-refractivity contribution in [2.45, 2.75) is 244 Å². The van der Waals surface area contributed by atoms with Crippen LogP contribution in [0.25, 0.3) is 0 Å². The predicted molar refractivity (Wildman–Crippen MR) is 241 cm³/mol. The highest BCUT2D eigenvalue weighted by molar-refractivity contribution is 5.76. The number of hydrogen-bond acceptors (Lipinski definition) is 5. The molecule has 6 heteroatoms. The topological polar surface area (TPSA) is 95.9 Å². The van der Waals surface area contributed by atoms with Crippen LogP contribution in [-0.4, -0.2) is 47.4 Å². The molecule has 0 aromatic heterocycles. The molecule has 6 nitrogen and oxygen atoms in total. The zero-order chi connectivity index (χ0) is 40.8. The van der Waals surface area contributed by atoms with Gasteiger partial charge in [0.25, 0.3) is 0 Å². The summed E-state index contributed by atoms with van der Waals surface area (Å²) < 4.78 is 5.43. The van der Waals surface area contributed by atoms with Crippen molar-refractivity contribution in [3.8, 4) is 0 Å². The van der Waals surface area contributed by atoms with Gasteiger partial charge in [-0.05, 0) is 70.6 Å². The van der Waals surface area contributed by atoms with Crippen molar-refractivity contribution in [2.75, 3.05) is 13.2 Å². The summed E-state index contributed by atoms with van der Waals surface area (Å²) >= 11 is 0. The molecule has 0 saturated carbocycles. The number of ether oxygens (including phenoxy) is 1. The lowest BCUT2D eigenvalue weighted by molar-refractivity contribution is -0.143. The Labute approximate surface area is 346 Å². The standard InChI is InChI=1S/C50H91NO5/c1-3-5-7-9-11-13-15-17-20-24-28-32-36-40-44-50(55)56-45-41-37-33-29-25-21-18-19-23-27-31-35-39-43-49(54)51-47(46-52)48(53)42-38-34-30-26-22-16-14-12-10-8-6-4-2/h9,11,15,17,19,23,31,35,47-48,52-53H,3-8,10,12-14,16,18,20-22,24-30,32-34,36-46H2,1-2H3,(H,51,54)/b11-9-,17-15-,23-19-,35-31-. The molecule has 0 bridgehead atoms. The summed E-state index contributed by atoms with van der Waals surface area (Å²) in [7, 11) is 0. The second-order valence-corrected chi connectivity index (χ2v) is 16.1. The lowest BCUT2D eigenvalue weighted by atomic mass is 10.0. The van der Waals surface area contributed by atoms with E-state index in [1.807, 2.05) is 6.08 Å². The van der Waals surface area contributed by atoms with Gasteiger partial charge in [-0.2, -0.15) is 0 Å². The van der Waals surface area contributed by atoms with Crippen LogP contribution in [0.1, 0.15) is 232 Å². The van der Waals surface area contributed by atoms with Crippen LogP contribution in [0.5, 0.6) is 0 Å². The molecular formula is C50H91NO5. The first-order valence-electron chi connectivity index (χ1n) is 23.9. The molecule has 0 aromatic carbocycles. The molecule has 0 saturated heterocycles. The van der Waals surface area contributed by atoms with Crippen LogP contribution in [0.3, 0.4) is 0 Å². The van der Waals surface area contributed by atoms with Crippen molar-refractivity contribution in [3.63, 3.8) is 0 Å². The molecule has 0 radical (unpaired) electrons. The lowest BCUT2D eigenvalue weighted by Gasteiger charge is -2.22. The number of hydrogen-bond donors (Lipinski definition) is 3. The van der Waals surface area contributed by atoms with Crippen molar-refractivity contribution in [2.24, 2.45) is 0 Å². The molecule has 2 atom stereocenters. The first-order valence-corrected chi connectivity index (χ1v) is 23.9. The summed E-state index contributed by atoms with van der Waals surface area (Å²) in [5.41, 5.74) is 0. The van der Waals surface area contributed by atoms with Gasteiger partial charge in [-0.15, -0.1) is 0 Å². The normalized spacial score (nSPS) is 13.1. The van der Waals surface area contributed by atoms with Crippen LogP contribution in [-0.2, 0) is 14.3 Å². The van der Waals surface area contributed by atoms with E-state index < -0.39 is 12.1 Å². The van der Waals surface area contributed by atoms with Crippen LogP contribution in [0.15, 0.2) is 48.6 Å². The molecule has 0 aromatic rings. The average Bonchev–Trinajstić information content (AvgIpc) is 3.20. The summed E-state index contributed by atoms with van der Waals surface area (Å²) in [6.07, 6.45) is 55.1. The lowest BCUT2D eigenvalue weighted by Crippen LogP contribution is -2.45. The van der Waals surface area contributed by atoms with Crippen molar-refractivity contribution in [1.29, 1.82) is 0 Å². The number of unbranched alkanes of at least 4 members (excludes halogenated alkanes) is 24. The Morgan fingerprint density at radius 3 is 1.45 bits per heavy atom. The smallest absolute Gasteiger partial charge is 0.305 e. The van der Waals surface area contributed by atoms with E-state index in [1.54, 1.807) is 0 Å². The molecule has 0 aliphatic rings. The van der Waals surface area contributed by atoms with E-state index in [9.17, 15) is 19.8 Å². The molecule has 56 heavy (non-hydrogen) atoms. The molecule has 0 rings (SSSR count). The number of nitrogens with one attached hydrogen (secondary N) is 1. The van der Waals surface area contributed by atoms with E-state index in [1.165, 1.54) is 128 Å². The fourth-order valence-corrected chi connectivity index (χ4v) is 6.88. The number of carbonyl (C=O) groups excluding carboxylic acids is 2. The highest BCUT2D eigenvalue weighted by Gasteiger charge is 2.19. The minimum absolute atomic E-state index is 0.0328. The van der Waals surface area contributed by atoms with Gasteiger partial charge in [0.1, 0.15) is 0 Å². The van der Waals surface area contributed by atoms with E-state index >= 15 is 0 Å². The first-order chi connectivity index (χ1) is 27.5. The maximum Gasteiger partial charge on any atom is 0.305 e. The Morgan fingerprint density at radius 2 is 0.929 bits per heavy atom. The fourth-order valence-electron chi connectivity index (χ4n) is 6.88. The number of carbonyl (C=O) groups is 2. The number of aliphatic hydroxyl groups is 2. The Bertz CT molecular complexity index is 957. The van der Waals surface area contributed by atoms with Gasteiger partial charge in [0.2, 0.25) is 5.91 Å². The average molecular weight is 786 g/mol. The second-order valence-electron chi connectivity index (χ2n) is 16.1. The summed E-state index contributed by atoms with van der Waals surface area (Å²) in [5.74, 6) is -0.152. The van der Waals surface area contributed by atoms with E-state index in [4.69, 9.17) is 4.74 Å². The van der Waals surface area contributed by atoms with E-state index in [0.717, 1.165) is 64.2 Å². The van der Waals surface area contributed by atoms with E-state index in [0.29, 0.717) is 32.3 Å². The third-order valence-corrected chi connectivity index (χ3v) is 10.6. The minimum Gasteiger partial charge on any atom is -0.466 e. The zero-order valence-electron chi connectivity index (χ0n) is 36.8. The van der Waals surface area contributed by atoms with Gasteiger partial charge in [-0.3, -0.25) is 9.59 Å². The number of rotatable bonds is 43. The number of amides is 1. The Morgan fingerprint density at radius 1 is 0.500 bits per heavy atom. The molecule has 326 valence electrons. The van der Waals surface area contributed by atoms with Crippen LogP contribution in [0.4, 0.5) is 0 Å². The zero-order valence-corrected chi connectivity index (χ0v) is 36.8. The Hall–Kier alpha value is -2.18. The van der Waals surface area contributed by atoms with Gasteiger partial charge in [0, 0.05) is 12.8 Å². The Kier molecular flexibility index (Phi) is 43.7. The summed E-state index contributed by atoms with van der Waals surface area (Å²) in [5, 5.41) is 23.0. The van der Waals surface area contributed by atoms with Crippen molar-refractivity contribution in [3.05, 3.63) is 48.6 Å². The predicted octanol–water partition coefficient (Wildman–Crippen LogP) is 13.9. The fraction of sp³-hybridized carbons (Fsp3) is 0.800. The van der Waals surface area contributed by atoms with Gasteiger partial charge in [-0.1, -0.05) is 197 Å². The molecule has 0 spiro atoms. The SMILES string of the molecule is CCCC/C=C\C/C=C\CCCCCCCC(=O)OCCCCCCCC/C=C\C/C=C\CCC(=O)NC(CO)C(O)CCCCCCCCCCCCCC. The van der Waals surface area contributed by atoms with Crippen molar-refractivity contribution >= 4 is 11.9 Å². The molecule has 2 unspecified atom stereocenters. The Balaban J connectivity index is 3.58. The highest BCUT2D eigenvalue weighted by atomic mass is 16.5. The van der Waals surface area contributed by atoms with Gasteiger partial charge < -0.3 is 20.3 Å². The molecule has 0 fully saturated rings. The van der Waals surface area contributed by atoms with Gasteiger partial charge >= 0.3 is 5.97 Å². The van der Waals surface area contributed by atoms with Crippen molar-refractivity contribution in [1.82, 2.24) is 5.32 Å². The summed E-state index contributed by atoms with van der Waals surface area (Å²) in [6, 6.07) is -0.585. The molecule has 0 heterocycles. The minimum atomic E-state index is -0.699. The third-order valence-electron chi connectivity index (χ3n) is 10.6. The number of allylic oxidation sites excluding steroid dienone is 8. The van der Waals surface area contributed by atoms with Gasteiger partial charge in [0.05, 0.1) is 25.4 Å². The molecule has 1 amide bonds. The maximum absolute atomic E-state index is 12.4. The van der Waals surface area contributed by atoms with E-state index in [2.05, 4.69) is 61.7 Å².